The lowest BCUT2D eigenvalue weighted by molar-refractivity contribution is -0.143. The minimum Gasteiger partial charge on any atom is -0.338 e. The van der Waals surface area contributed by atoms with Gasteiger partial charge >= 0.3 is 12.2 Å². The molecule has 0 radical (unpaired) electrons. The minimum atomic E-state index is -4.22. The zero-order valence-corrected chi connectivity index (χ0v) is 14.6. The monoisotopic (exact) mass is 379 g/mol. The highest BCUT2D eigenvalue weighted by Crippen LogP contribution is 2.36. The molecule has 1 heterocycles. The summed E-state index contributed by atoms with van der Waals surface area (Å²) in [7, 11) is 1.39. The molecule has 1 aliphatic heterocycles. The minimum absolute atomic E-state index is 0.230. The van der Waals surface area contributed by atoms with Crippen molar-refractivity contribution in [3.8, 4) is 0 Å². The standard InChI is InChI=1S/C16H21F4N3OS/c1-23(10-16(18,19)20)7-2-6-21-15(24)22-13-5-8-25-14-4-3-11(17)9-12(13)14/h3-4,9,13H,2,5-8,10H2,1H3,(H2,21,22,24)/t13-/m1/s1. The van der Waals surface area contributed by atoms with Crippen molar-refractivity contribution >= 4 is 17.8 Å². The highest BCUT2D eigenvalue weighted by atomic mass is 32.2. The Morgan fingerprint density at radius 1 is 1.40 bits per heavy atom. The number of alkyl halides is 3. The zero-order chi connectivity index (χ0) is 18.4. The van der Waals surface area contributed by atoms with Gasteiger partial charge in [-0.25, -0.2) is 9.18 Å². The van der Waals surface area contributed by atoms with Crippen LogP contribution in [-0.2, 0) is 0 Å². The number of amides is 2. The fourth-order valence-electron chi connectivity index (χ4n) is 2.66. The molecule has 9 heteroatoms. The van der Waals surface area contributed by atoms with Crippen molar-refractivity contribution in [2.45, 2.75) is 30.0 Å². The summed E-state index contributed by atoms with van der Waals surface area (Å²) in [5, 5.41) is 5.44. The number of thioether (sulfide) groups is 1. The smallest absolute Gasteiger partial charge is 0.338 e. The third-order valence-corrected chi connectivity index (χ3v) is 4.89. The van der Waals surface area contributed by atoms with E-state index in [1.165, 1.54) is 19.2 Å². The molecule has 0 bridgehead atoms. The second kappa shape index (κ2) is 8.75. The van der Waals surface area contributed by atoms with Gasteiger partial charge in [-0.15, -0.1) is 11.8 Å². The van der Waals surface area contributed by atoms with E-state index >= 15 is 0 Å². The van der Waals surface area contributed by atoms with Gasteiger partial charge in [0.15, 0.2) is 0 Å². The summed E-state index contributed by atoms with van der Waals surface area (Å²) in [5.74, 6) is 0.479. The molecule has 0 unspecified atom stereocenters. The zero-order valence-electron chi connectivity index (χ0n) is 13.8. The van der Waals surface area contributed by atoms with Crippen LogP contribution in [0.5, 0.6) is 0 Å². The summed E-state index contributed by atoms with van der Waals surface area (Å²) in [6.07, 6.45) is -3.12. The quantitative estimate of drug-likeness (QED) is 0.587. The van der Waals surface area contributed by atoms with Crippen LogP contribution in [0.25, 0.3) is 0 Å². The lowest BCUT2D eigenvalue weighted by Gasteiger charge is -2.26. The van der Waals surface area contributed by atoms with E-state index < -0.39 is 18.8 Å². The van der Waals surface area contributed by atoms with E-state index in [0.717, 1.165) is 21.1 Å². The van der Waals surface area contributed by atoms with Crippen LogP contribution < -0.4 is 10.6 Å². The first-order chi connectivity index (χ1) is 11.7. The van der Waals surface area contributed by atoms with Crippen molar-refractivity contribution in [1.29, 1.82) is 0 Å². The molecule has 1 aromatic rings. The number of urea groups is 1. The molecular weight excluding hydrogens is 358 g/mol. The number of fused-ring (bicyclic) bond motifs is 1. The predicted octanol–water partition coefficient (Wildman–Crippen LogP) is 3.55. The van der Waals surface area contributed by atoms with Gasteiger partial charge in [-0.05, 0) is 50.2 Å². The Labute approximate surface area is 148 Å². The number of carbonyl (C=O) groups excluding carboxylic acids is 1. The van der Waals surface area contributed by atoms with Gasteiger partial charge in [0.2, 0.25) is 0 Å². The van der Waals surface area contributed by atoms with Crippen molar-refractivity contribution in [3.63, 3.8) is 0 Å². The van der Waals surface area contributed by atoms with Gasteiger partial charge in [-0.2, -0.15) is 13.2 Å². The Morgan fingerprint density at radius 2 is 2.16 bits per heavy atom. The summed E-state index contributed by atoms with van der Waals surface area (Å²) in [4.78, 5) is 14.1. The molecule has 140 valence electrons. The fourth-order valence-corrected chi connectivity index (χ4v) is 3.77. The average Bonchev–Trinajstić information content (AvgIpc) is 2.50. The third kappa shape index (κ3) is 6.74. The van der Waals surface area contributed by atoms with E-state index in [2.05, 4.69) is 10.6 Å². The molecule has 0 fully saturated rings. The first-order valence-electron chi connectivity index (χ1n) is 7.96. The molecule has 0 saturated heterocycles. The van der Waals surface area contributed by atoms with Gasteiger partial charge in [0.1, 0.15) is 5.82 Å². The van der Waals surface area contributed by atoms with Crippen molar-refractivity contribution in [2.24, 2.45) is 0 Å². The third-order valence-electron chi connectivity index (χ3n) is 3.77. The van der Waals surface area contributed by atoms with Crippen LogP contribution in [0.15, 0.2) is 23.1 Å². The number of rotatable bonds is 6. The second-order valence-corrected chi connectivity index (χ2v) is 7.12. The fraction of sp³-hybridized carbons (Fsp3) is 0.562. The molecular formula is C16H21F4N3OS. The number of benzene rings is 1. The lowest BCUT2D eigenvalue weighted by atomic mass is 10.0. The summed E-state index contributed by atoms with van der Waals surface area (Å²) in [6, 6.07) is 3.87. The molecule has 4 nitrogen and oxygen atoms in total. The molecule has 2 amide bonds. The Balaban J connectivity index is 1.74. The number of nitrogens with one attached hydrogen (secondary N) is 2. The molecule has 0 aromatic heterocycles. The Hall–Kier alpha value is -1.48. The van der Waals surface area contributed by atoms with E-state index in [4.69, 9.17) is 0 Å². The highest BCUT2D eigenvalue weighted by Gasteiger charge is 2.28. The Bertz CT molecular complexity index is 597. The largest absolute Gasteiger partial charge is 0.401 e. The number of halogens is 4. The molecule has 2 N–H and O–H groups in total. The first kappa shape index (κ1) is 19.8. The van der Waals surface area contributed by atoms with Crippen LogP contribution in [0.1, 0.15) is 24.4 Å². The normalized spacial score (nSPS) is 17.3. The average molecular weight is 379 g/mol. The Morgan fingerprint density at radius 3 is 2.88 bits per heavy atom. The topological polar surface area (TPSA) is 44.4 Å². The van der Waals surface area contributed by atoms with Gasteiger partial charge in [0, 0.05) is 17.2 Å². The van der Waals surface area contributed by atoms with E-state index in [-0.39, 0.29) is 24.9 Å². The summed E-state index contributed by atoms with van der Waals surface area (Å²) >= 11 is 1.62. The SMILES string of the molecule is CN(CCCNC(=O)N[C@@H]1CCSc2ccc(F)cc21)CC(F)(F)F. The lowest BCUT2D eigenvalue weighted by Crippen LogP contribution is -2.40. The van der Waals surface area contributed by atoms with Crippen molar-refractivity contribution in [2.75, 3.05) is 32.4 Å². The van der Waals surface area contributed by atoms with E-state index in [1.54, 1.807) is 17.8 Å². The number of hydrogen-bond donors (Lipinski definition) is 2. The maximum Gasteiger partial charge on any atom is 0.401 e. The first-order valence-corrected chi connectivity index (χ1v) is 8.95. The van der Waals surface area contributed by atoms with E-state index in [1.807, 2.05) is 0 Å². The summed E-state index contributed by atoms with van der Waals surface area (Å²) in [5.41, 5.74) is 0.760. The number of nitrogens with zero attached hydrogens (tertiary/aromatic N) is 1. The number of carbonyl (C=O) groups is 1. The van der Waals surface area contributed by atoms with E-state index in [0.29, 0.717) is 12.8 Å². The molecule has 1 aliphatic rings. The molecule has 1 atom stereocenters. The van der Waals surface area contributed by atoms with Crippen molar-refractivity contribution in [1.82, 2.24) is 15.5 Å². The summed E-state index contributed by atoms with van der Waals surface area (Å²) < 4.78 is 50.0. The molecule has 25 heavy (non-hydrogen) atoms. The maximum absolute atomic E-state index is 13.4. The maximum atomic E-state index is 13.4. The molecule has 0 spiro atoms. The van der Waals surface area contributed by atoms with Gasteiger partial charge < -0.3 is 10.6 Å². The summed E-state index contributed by atoms with van der Waals surface area (Å²) in [6.45, 7) is -0.472. The van der Waals surface area contributed by atoms with Crippen molar-refractivity contribution < 1.29 is 22.4 Å². The highest BCUT2D eigenvalue weighted by molar-refractivity contribution is 7.99. The predicted molar refractivity (Wildman–Crippen MR) is 89.2 cm³/mol. The van der Waals surface area contributed by atoms with Crippen LogP contribution in [0.2, 0.25) is 0 Å². The van der Waals surface area contributed by atoms with Crippen LogP contribution in [0.4, 0.5) is 22.4 Å². The van der Waals surface area contributed by atoms with Gasteiger partial charge in [-0.3, -0.25) is 4.90 Å². The molecule has 2 rings (SSSR count). The van der Waals surface area contributed by atoms with Gasteiger partial charge in [-0.1, -0.05) is 0 Å². The van der Waals surface area contributed by atoms with Gasteiger partial charge in [0.25, 0.3) is 0 Å². The second-order valence-electron chi connectivity index (χ2n) is 5.98. The van der Waals surface area contributed by atoms with Crippen LogP contribution in [-0.4, -0.2) is 49.5 Å². The van der Waals surface area contributed by atoms with Crippen LogP contribution >= 0.6 is 11.8 Å². The molecule has 0 saturated carbocycles. The van der Waals surface area contributed by atoms with Crippen LogP contribution in [0.3, 0.4) is 0 Å². The Kier molecular flexibility index (Phi) is 6.95. The van der Waals surface area contributed by atoms with Crippen LogP contribution in [0, 0.1) is 5.82 Å². The van der Waals surface area contributed by atoms with Crippen molar-refractivity contribution in [3.05, 3.63) is 29.6 Å². The number of hydrogen-bond acceptors (Lipinski definition) is 3. The molecule has 0 aliphatic carbocycles. The van der Waals surface area contributed by atoms with Gasteiger partial charge in [0.05, 0.1) is 12.6 Å². The van der Waals surface area contributed by atoms with E-state index in [9.17, 15) is 22.4 Å². The molecule has 1 aromatic carbocycles.